The number of hydrogen-bond donors (Lipinski definition) is 0. The zero-order chi connectivity index (χ0) is 16.2. The van der Waals surface area contributed by atoms with E-state index in [-0.39, 0.29) is 11.9 Å². The van der Waals surface area contributed by atoms with Gasteiger partial charge in [-0.2, -0.15) is 4.98 Å². The van der Waals surface area contributed by atoms with Crippen LogP contribution in [0.4, 0.5) is 6.01 Å². The molecule has 1 saturated heterocycles. The SMILES string of the molecule is COC(=O)C1CCN(c2nc(-c3ccc(OC)nc3)no2)CC1. The minimum atomic E-state index is -0.153. The zero-order valence-corrected chi connectivity index (χ0v) is 13.1. The molecule has 0 amide bonds. The van der Waals surface area contributed by atoms with Gasteiger partial charge in [0.2, 0.25) is 11.7 Å². The molecular weight excluding hydrogens is 300 g/mol. The molecule has 1 fully saturated rings. The molecule has 0 N–H and O–H groups in total. The van der Waals surface area contributed by atoms with Crippen LogP contribution in [0.15, 0.2) is 22.9 Å². The number of methoxy groups -OCH3 is 2. The van der Waals surface area contributed by atoms with Crippen molar-refractivity contribution in [3.63, 3.8) is 0 Å². The van der Waals surface area contributed by atoms with Gasteiger partial charge in [0.1, 0.15) is 0 Å². The van der Waals surface area contributed by atoms with Crippen molar-refractivity contribution in [3.8, 4) is 17.3 Å². The molecule has 0 spiro atoms. The average molecular weight is 318 g/mol. The van der Waals surface area contributed by atoms with Crippen LogP contribution in [0.5, 0.6) is 5.88 Å². The van der Waals surface area contributed by atoms with Crippen LogP contribution >= 0.6 is 0 Å². The molecule has 0 aromatic carbocycles. The Morgan fingerprint density at radius 1 is 1.30 bits per heavy atom. The third-order valence-electron chi connectivity index (χ3n) is 3.92. The van der Waals surface area contributed by atoms with E-state index in [1.807, 2.05) is 11.0 Å². The van der Waals surface area contributed by atoms with Gasteiger partial charge in [-0.1, -0.05) is 5.16 Å². The van der Waals surface area contributed by atoms with Gasteiger partial charge in [-0.05, 0) is 18.9 Å². The number of rotatable bonds is 4. The molecule has 0 saturated carbocycles. The van der Waals surface area contributed by atoms with Crippen LogP contribution in [-0.2, 0) is 9.53 Å². The third kappa shape index (κ3) is 3.25. The fourth-order valence-electron chi connectivity index (χ4n) is 2.57. The van der Waals surface area contributed by atoms with Crippen LogP contribution in [0.1, 0.15) is 12.8 Å². The summed E-state index contributed by atoms with van der Waals surface area (Å²) in [5, 5.41) is 3.99. The Hall–Kier alpha value is -2.64. The number of piperidine rings is 1. The van der Waals surface area contributed by atoms with E-state index in [4.69, 9.17) is 14.0 Å². The number of esters is 1. The van der Waals surface area contributed by atoms with E-state index >= 15 is 0 Å². The Balaban J connectivity index is 1.66. The first kappa shape index (κ1) is 15.3. The maximum absolute atomic E-state index is 11.5. The van der Waals surface area contributed by atoms with Crippen LogP contribution in [0.25, 0.3) is 11.4 Å². The Morgan fingerprint density at radius 2 is 2.09 bits per heavy atom. The largest absolute Gasteiger partial charge is 0.481 e. The van der Waals surface area contributed by atoms with Gasteiger partial charge in [-0.15, -0.1) is 0 Å². The van der Waals surface area contributed by atoms with Gasteiger partial charge in [-0.25, -0.2) is 4.98 Å². The Morgan fingerprint density at radius 3 is 2.70 bits per heavy atom. The predicted molar refractivity (Wildman–Crippen MR) is 81.0 cm³/mol. The van der Waals surface area contributed by atoms with Gasteiger partial charge in [0.15, 0.2) is 0 Å². The van der Waals surface area contributed by atoms with Gasteiger partial charge in [0.05, 0.1) is 20.1 Å². The normalized spacial score (nSPS) is 15.5. The number of aromatic nitrogens is 3. The molecule has 0 aliphatic carbocycles. The molecule has 2 aromatic heterocycles. The molecule has 3 heterocycles. The first-order valence-electron chi connectivity index (χ1n) is 7.38. The average Bonchev–Trinajstić information content (AvgIpc) is 3.11. The fraction of sp³-hybridized carbons (Fsp3) is 0.467. The monoisotopic (exact) mass is 318 g/mol. The number of ether oxygens (including phenoxy) is 2. The molecule has 1 aliphatic heterocycles. The lowest BCUT2D eigenvalue weighted by molar-refractivity contribution is -0.146. The summed E-state index contributed by atoms with van der Waals surface area (Å²) in [5.41, 5.74) is 0.755. The summed E-state index contributed by atoms with van der Waals surface area (Å²) in [6.45, 7) is 1.37. The molecule has 3 rings (SSSR count). The van der Waals surface area contributed by atoms with Crippen LogP contribution in [0, 0.1) is 5.92 Å². The second kappa shape index (κ2) is 6.64. The van der Waals surface area contributed by atoms with Crippen LogP contribution < -0.4 is 9.64 Å². The molecule has 0 radical (unpaired) electrons. The van der Waals surface area contributed by atoms with Gasteiger partial charge in [-0.3, -0.25) is 4.79 Å². The lowest BCUT2D eigenvalue weighted by atomic mass is 9.97. The Labute approximate surface area is 133 Å². The maximum Gasteiger partial charge on any atom is 0.324 e. The van der Waals surface area contributed by atoms with Crippen LogP contribution in [0.3, 0.4) is 0 Å². The summed E-state index contributed by atoms with van der Waals surface area (Å²) in [4.78, 5) is 22.0. The summed E-state index contributed by atoms with van der Waals surface area (Å²) < 4.78 is 15.1. The van der Waals surface area contributed by atoms with Crippen LogP contribution in [-0.4, -0.2) is 48.4 Å². The predicted octanol–water partition coefficient (Wildman–Crippen LogP) is 1.53. The molecule has 1 aliphatic rings. The highest BCUT2D eigenvalue weighted by Gasteiger charge is 2.28. The van der Waals surface area contributed by atoms with Crippen molar-refractivity contribution in [1.29, 1.82) is 0 Å². The topological polar surface area (TPSA) is 90.6 Å². The number of anilines is 1. The number of hydrogen-bond acceptors (Lipinski definition) is 8. The van der Waals surface area contributed by atoms with E-state index < -0.39 is 0 Å². The smallest absolute Gasteiger partial charge is 0.324 e. The van der Waals surface area contributed by atoms with Gasteiger partial charge >= 0.3 is 12.0 Å². The first-order chi connectivity index (χ1) is 11.2. The third-order valence-corrected chi connectivity index (χ3v) is 3.92. The zero-order valence-electron chi connectivity index (χ0n) is 13.1. The number of nitrogens with zero attached hydrogens (tertiary/aromatic N) is 4. The molecule has 23 heavy (non-hydrogen) atoms. The molecular formula is C15H18N4O4. The molecule has 0 bridgehead atoms. The minimum absolute atomic E-state index is 0.0515. The first-order valence-corrected chi connectivity index (χ1v) is 7.38. The lowest BCUT2D eigenvalue weighted by Crippen LogP contribution is -2.36. The van der Waals surface area contributed by atoms with E-state index in [1.54, 1.807) is 19.4 Å². The van der Waals surface area contributed by atoms with Crippen molar-refractivity contribution in [2.24, 2.45) is 5.92 Å². The van der Waals surface area contributed by atoms with Gasteiger partial charge < -0.3 is 18.9 Å². The fourth-order valence-corrected chi connectivity index (χ4v) is 2.57. The summed E-state index contributed by atoms with van der Waals surface area (Å²) in [5.74, 6) is 0.803. The summed E-state index contributed by atoms with van der Waals surface area (Å²) in [6, 6.07) is 4.02. The van der Waals surface area contributed by atoms with E-state index in [1.165, 1.54) is 7.11 Å². The molecule has 8 heteroatoms. The highest BCUT2D eigenvalue weighted by Crippen LogP contribution is 2.25. The standard InChI is InChI=1S/C15H18N4O4/c1-21-12-4-3-11(9-16-12)13-17-15(23-18-13)19-7-5-10(6-8-19)14(20)22-2/h3-4,9-10H,5-8H2,1-2H3. The molecule has 122 valence electrons. The molecule has 8 nitrogen and oxygen atoms in total. The summed E-state index contributed by atoms with van der Waals surface area (Å²) in [6.07, 6.45) is 3.07. The van der Waals surface area contributed by atoms with Crippen molar-refractivity contribution >= 4 is 12.0 Å². The van der Waals surface area contributed by atoms with Crippen molar-refractivity contribution in [2.75, 3.05) is 32.2 Å². The van der Waals surface area contributed by atoms with E-state index in [0.29, 0.717) is 43.7 Å². The van der Waals surface area contributed by atoms with Crippen molar-refractivity contribution in [1.82, 2.24) is 15.1 Å². The van der Waals surface area contributed by atoms with Crippen molar-refractivity contribution in [3.05, 3.63) is 18.3 Å². The maximum atomic E-state index is 11.5. The Kier molecular flexibility index (Phi) is 4.40. The highest BCUT2D eigenvalue weighted by molar-refractivity contribution is 5.72. The number of pyridine rings is 1. The second-order valence-corrected chi connectivity index (χ2v) is 5.27. The Bertz CT molecular complexity index is 662. The number of carbonyl (C=O) groups excluding carboxylic acids is 1. The van der Waals surface area contributed by atoms with Crippen molar-refractivity contribution < 1.29 is 18.8 Å². The molecule has 0 atom stereocenters. The van der Waals surface area contributed by atoms with Gasteiger partial charge in [0.25, 0.3) is 0 Å². The van der Waals surface area contributed by atoms with Gasteiger partial charge in [0, 0.05) is 30.9 Å². The quantitative estimate of drug-likeness (QED) is 0.784. The summed E-state index contributed by atoms with van der Waals surface area (Å²) >= 11 is 0. The van der Waals surface area contributed by atoms with E-state index in [2.05, 4.69) is 15.1 Å². The minimum Gasteiger partial charge on any atom is -0.481 e. The second-order valence-electron chi connectivity index (χ2n) is 5.27. The number of carbonyl (C=O) groups is 1. The van der Waals surface area contributed by atoms with E-state index in [0.717, 1.165) is 5.56 Å². The van der Waals surface area contributed by atoms with Crippen LogP contribution in [0.2, 0.25) is 0 Å². The molecule has 2 aromatic rings. The van der Waals surface area contributed by atoms with Crippen molar-refractivity contribution in [2.45, 2.75) is 12.8 Å². The molecule has 0 unspecified atom stereocenters. The highest BCUT2D eigenvalue weighted by atomic mass is 16.5. The lowest BCUT2D eigenvalue weighted by Gasteiger charge is -2.28. The van der Waals surface area contributed by atoms with E-state index in [9.17, 15) is 4.79 Å². The summed E-state index contributed by atoms with van der Waals surface area (Å²) in [7, 11) is 2.98.